The molecule has 9 heteroatoms. The Hall–Kier alpha value is -3.62. The number of aromatic nitrogens is 3. The van der Waals surface area contributed by atoms with Crippen LogP contribution in [0.1, 0.15) is 75.6 Å². The molecule has 0 spiro atoms. The summed E-state index contributed by atoms with van der Waals surface area (Å²) in [5.74, 6) is -0.156. The molecular formula is C29H37N3O6. The lowest BCUT2D eigenvalue weighted by Crippen LogP contribution is -2.24. The highest BCUT2D eigenvalue weighted by Gasteiger charge is 2.24. The standard InChI is InChI=1S/C29H37N3O6/c1-3-20(4-2)19-38-26(34)13-8-6-5-7-9-16-37-25-12-10-11-21-27(25)30-32-15-14-31-18-22(29(35)36)24(33)17-23(31)28(21)32/h10-12,17-18,20H,3-9,13-16,19H2,1-2H3,(H,35,36). The second-order valence-electron chi connectivity index (χ2n) is 9.89. The third-order valence-electron chi connectivity index (χ3n) is 7.30. The first kappa shape index (κ1) is 27.4. The van der Waals surface area contributed by atoms with Gasteiger partial charge in [-0.2, -0.15) is 5.10 Å². The number of carbonyl (C=O) groups excluding carboxylic acids is 1. The monoisotopic (exact) mass is 523 g/mol. The summed E-state index contributed by atoms with van der Waals surface area (Å²) < 4.78 is 15.1. The number of nitrogens with zero attached hydrogens (tertiary/aromatic N) is 3. The highest BCUT2D eigenvalue weighted by atomic mass is 16.5. The number of hydrogen-bond acceptors (Lipinski definition) is 6. The maximum atomic E-state index is 12.4. The van der Waals surface area contributed by atoms with Crippen LogP contribution in [0.4, 0.5) is 0 Å². The molecule has 0 saturated carbocycles. The summed E-state index contributed by atoms with van der Waals surface area (Å²) in [6.07, 6.45) is 8.76. The highest BCUT2D eigenvalue weighted by Crippen LogP contribution is 2.35. The Kier molecular flexibility index (Phi) is 9.20. The van der Waals surface area contributed by atoms with Gasteiger partial charge in [-0.3, -0.25) is 14.3 Å². The van der Waals surface area contributed by atoms with Crippen molar-refractivity contribution in [3.63, 3.8) is 0 Å². The summed E-state index contributed by atoms with van der Waals surface area (Å²) in [5, 5.41) is 14.9. The number of aryl methyl sites for hydroxylation is 2. The molecule has 0 saturated heterocycles. The minimum Gasteiger partial charge on any atom is -0.491 e. The van der Waals surface area contributed by atoms with Crippen molar-refractivity contribution in [3.05, 3.63) is 46.2 Å². The first-order chi connectivity index (χ1) is 18.4. The van der Waals surface area contributed by atoms with Gasteiger partial charge in [0.05, 0.1) is 31.1 Å². The molecule has 9 nitrogen and oxygen atoms in total. The van der Waals surface area contributed by atoms with Crippen molar-refractivity contribution in [2.24, 2.45) is 5.92 Å². The van der Waals surface area contributed by atoms with E-state index in [1.54, 1.807) is 0 Å². The fourth-order valence-corrected chi connectivity index (χ4v) is 4.89. The van der Waals surface area contributed by atoms with E-state index in [4.69, 9.17) is 14.6 Å². The number of carbonyl (C=O) groups is 2. The number of benzene rings is 1. The Morgan fingerprint density at radius 2 is 1.84 bits per heavy atom. The molecule has 0 atom stereocenters. The number of carboxylic acid groups (broad SMARTS) is 1. The van der Waals surface area contributed by atoms with Crippen LogP contribution in [-0.2, 0) is 22.6 Å². The molecule has 4 rings (SSSR count). The minimum atomic E-state index is -1.22. The molecule has 2 aromatic heterocycles. The van der Waals surface area contributed by atoms with E-state index in [9.17, 15) is 19.5 Å². The molecule has 0 radical (unpaired) electrons. The number of fused-ring (bicyclic) bond motifs is 5. The van der Waals surface area contributed by atoms with Crippen LogP contribution in [0, 0.1) is 5.92 Å². The third-order valence-corrected chi connectivity index (χ3v) is 7.30. The molecule has 0 amide bonds. The van der Waals surface area contributed by atoms with Crippen molar-refractivity contribution in [1.82, 2.24) is 14.3 Å². The van der Waals surface area contributed by atoms with E-state index in [1.165, 1.54) is 12.3 Å². The fourth-order valence-electron chi connectivity index (χ4n) is 4.89. The van der Waals surface area contributed by atoms with E-state index in [0.29, 0.717) is 50.1 Å². The maximum absolute atomic E-state index is 12.4. The van der Waals surface area contributed by atoms with Crippen LogP contribution < -0.4 is 10.2 Å². The van der Waals surface area contributed by atoms with Gasteiger partial charge in [-0.15, -0.1) is 0 Å². The third kappa shape index (κ3) is 6.26. The molecule has 0 bridgehead atoms. The molecule has 204 valence electrons. The first-order valence-corrected chi connectivity index (χ1v) is 13.7. The molecule has 1 aromatic carbocycles. The summed E-state index contributed by atoms with van der Waals surface area (Å²) in [5.41, 5.74) is 1.44. The van der Waals surface area contributed by atoms with Crippen LogP contribution in [0.15, 0.2) is 35.3 Å². The molecule has 3 heterocycles. The second-order valence-corrected chi connectivity index (χ2v) is 9.89. The number of esters is 1. The molecule has 1 aliphatic heterocycles. The zero-order valence-electron chi connectivity index (χ0n) is 22.3. The Labute approximate surface area is 222 Å². The Balaban J connectivity index is 1.27. The van der Waals surface area contributed by atoms with Crippen molar-refractivity contribution in [3.8, 4) is 17.1 Å². The lowest BCUT2D eigenvalue weighted by molar-refractivity contribution is -0.145. The van der Waals surface area contributed by atoms with Crippen LogP contribution in [0.2, 0.25) is 0 Å². The van der Waals surface area contributed by atoms with E-state index in [0.717, 1.165) is 61.5 Å². The minimum absolute atomic E-state index is 0.0917. The average molecular weight is 524 g/mol. The number of ether oxygens (including phenoxy) is 2. The van der Waals surface area contributed by atoms with Crippen LogP contribution >= 0.6 is 0 Å². The lowest BCUT2D eigenvalue weighted by atomic mass is 10.1. The fraction of sp³-hybridized carbons (Fsp3) is 0.517. The van der Waals surface area contributed by atoms with Gasteiger partial charge in [0.2, 0.25) is 0 Å². The Bertz CT molecular complexity index is 1340. The van der Waals surface area contributed by atoms with E-state index in [-0.39, 0.29) is 11.5 Å². The highest BCUT2D eigenvalue weighted by molar-refractivity contribution is 5.96. The van der Waals surface area contributed by atoms with Gasteiger partial charge in [0.15, 0.2) is 5.43 Å². The maximum Gasteiger partial charge on any atom is 0.341 e. The Morgan fingerprint density at radius 3 is 2.61 bits per heavy atom. The van der Waals surface area contributed by atoms with Crippen molar-refractivity contribution in [1.29, 1.82) is 0 Å². The SMILES string of the molecule is CCC(CC)COC(=O)CCCCCCCOc1cccc2c3n(nc12)CCn1cc(C(=O)O)c(=O)cc1-3. The number of pyridine rings is 1. The number of rotatable bonds is 14. The largest absolute Gasteiger partial charge is 0.491 e. The molecule has 0 unspecified atom stereocenters. The predicted octanol–water partition coefficient (Wildman–Crippen LogP) is 5.28. The van der Waals surface area contributed by atoms with E-state index in [2.05, 4.69) is 13.8 Å². The molecular weight excluding hydrogens is 486 g/mol. The van der Waals surface area contributed by atoms with Gasteiger partial charge in [-0.25, -0.2) is 4.79 Å². The topological polar surface area (TPSA) is 113 Å². The van der Waals surface area contributed by atoms with Gasteiger partial charge < -0.3 is 19.1 Å². The number of unbranched alkanes of at least 4 members (excludes halogenated alkanes) is 4. The predicted molar refractivity (Wildman–Crippen MR) is 145 cm³/mol. The van der Waals surface area contributed by atoms with Crippen molar-refractivity contribution >= 4 is 22.8 Å². The van der Waals surface area contributed by atoms with Gasteiger partial charge in [0, 0.05) is 30.6 Å². The molecule has 38 heavy (non-hydrogen) atoms. The van der Waals surface area contributed by atoms with E-state index >= 15 is 0 Å². The van der Waals surface area contributed by atoms with Crippen molar-refractivity contribution in [2.75, 3.05) is 13.2 Å². The average Bonchev–Trinajstić information content (AvgIpc) is 3.30. The first-order valence-electron chi connectivity index (χ1n) is 13.7. The lowest BCUT2D eigenvalue weighted by Gasteiger charge is -2.21. The van der Waals surface area contributed by atoms with Crippen LogP contribution in [0.3, 0.4) is 0 Å². The van der Waals surface area contributed by atoms with Crippen LogP contribution in [0.25, 0.3) is 22.3 Å². The van der Waals surface area contributed by atoms with Crippen molar-refractivity contribution in [2.45, 2.75) is 78.3 Å². The zero-order valence-corrected chi connectivity index (χ0v) is 22.3. The van der Waals surface area contributed by atoms with Gasteiger partial charge in [0.1, 0.15) is 16.8 Å². The van der Waals surface area contributed by atoms with Crippen LogP contribution in [0.5, 0.6) is 5.75 Å². The summed E-state index contributed by atoms with van der Waals surface area (Å²) in [6, 6.07) is 7.14. The van der Waals surface area contributed by atoms with Gasteiger partial charge in [0.25, 0.3) is 0 Å². The van der Waals surface area contributed by atoms with Gasteiger partial charge >= 0.3 is 11.9 Å². The van der Waals surface area contributed by atoms with Crippen LogP contribution in [-0.4, -0.2) is 44.6 Å². The second kappa shape index (κ2) is 12.8. The zero-order chi connectivity index (χ0) is 27.1. The molecule has 1 N–H and O–H groups in total. The van der Waals surface area contributed by atoms with Crippen molar-refractivity contribution < 1.29 is 24.2 Å². The quantitative estimate of drug-likeness (QED) is 0.226. The van der Waals surface area contributed by atoms with Gasteiger partial charge in [-0.05, 0) is 24.8 Å². The number of aromatic carboxylic acids is 1. The normalized spacial score (nSPS) is 12.4. The summed E-state index contributed by atoms with van der Waals surface area (Å²) >= 11 is 0. The molecule has 3 aromatic rings. The summed E-state index contributed by atoms with van der Waals surface area (Å²) in [6.45, 7) is 6.45. The van der Waals surface area contributed by atoms with E-state index < -0.39 is 11.4 Å². The number of carboxylic acids is 1. The molecule has 0 fully saturated rings. The van der Waals surface area contributed by atoms with E-state index in [1.807, 2.05) is 27.4 Å². The number of hydrogen-bond donors (Lipinski definition) is 1. The summed E-state index contributed by atoms with van der Waals surface area (Å²) in [7, 11) is 0. The molecule has 0 aliphatic carbocycles. The Morgan fingerprint density at radius 1 is 1.08 bits per heavy atom. The van der Waals surface area contributed by atoms with Gasteiger partial charge in [-0.1, -0.05) is 58.1 Å². The smallest absolute Gasteiger partial charge is 0.341 e. The summed E-state index contributed by atoms with van der Waals surface area (Å²) in [4.78, 5) is 35.6. The molecule has 1 aliphatic rings.